The molecule has 2 aromatic heterocycles. The van der Waals surface area contributed by atoms with Gasteiger partial charge in [0.25, 0.3) is 0 Å². The Bertz CT molecular complexity index is 1100. The van der Waals surface area contributed by atoms with E-state index in [0.29, 0.717) is 5.02 Å². The molecule has 4 rings (SSSR count). The van der Waals surface area contributed by atoms with Crippen molar-refractivity contribution in [2.75, 3.05) is 25.5 Å². The molecule has 0 atom stereocenters. The molecule has 0 spiro atoms. The fourth-order valence-corrected chi connectivity index (χ4v) is 4.24. The molecular formula is C23H23ClN4OS. The van der Waals surface area contributed by atoms with Gasteiger partial charge in [-0.25, -0.2) is 4.98 Å². The van der Waals surface area contributed by atoms with E-state index in [4.69, 9.17) is 16.3 Å². The summed E-state index contributed by atoms with van der Waals surface area (Å²) < 4.78 is 9.64. The lowest BCUT2D eigenvalue weighted by Crippen LogP contribution is -2.17. The third-order valence-corrected chi connectivity index (χ3v) is 5.93. The molecule has 30 heavy (non-hydrogen) atoms. The summed E-state index contributed by atoms with van der Waals surface area (Å²) in [6.45, 7) is 2.59. The molecule has 2 aromatic carbocycles. The van der Waals surface area contributed by atoms with Crippen LogP contribution >= 0.6 is 23.1 Å². The van der Waals surface area contributed by atoms with Crippen LogP contribution in [0.1, 0.15) is 12.0 Å². The maximum atomic E-state index is 6.27. The van der Waals surface area contributed by atoms with Gasteiger partial charge in [0.2, 0.25) is 0 Å². The summed E-state index contributed by atoms with van der Waals surface area (Å²) in [7, 11) is 1.68. The van der Waals surface area contributed by atoms with Crippen molar-refractivity contribution in [1.29, 1.82) is 0 Å². The van der Waals surface area contributed by atoms with E-state index in [0.717, 1.165) is 47.8 Å². The zero-order valence-corrected chi connectivity index (χ0v) is 18.3. The molecule has 5 nitrogen and oxygen atoms in total. The second kappa shape index (κ2) is 9.89. The van der Waals surface area contributed by atoms with Crippen LogP contribution in [0.5, 0.6) is 5.75 Å². The SMILES string of the molecule is COc1ccc(-c2ccc(CNCCCNc3nsc4nccc(Cl)c34)cc2)cc1. The first-order chi connectivity index (χ1) is 14.7. The number of halogens is 1. The molecule has 0 fully saturated rings. The van der Waals surface area contributed by atoms with Crippen LogP contribution in [0.15, 0.2) is 60.8 Å². The van der Waals surface area contributed by atoms with Crippen molar-refractivity contribution in [2.24, 2.45) is 0 Å². The number of rotatable bonds is 9. The summed E-state index contributed by atoms with van der Waals surface area (Å²) in [4.78, 5) is 5.16. The van der Waals surface area contributed by atoms with Gasteiger partial charge in [-0.1, -0.05) is 48.0 Å². The minimum Gasteiger partial charge on any atom is -0.497 e. The van der Waals surface area contributed by atoms with Crippen LogP contribution in [-0.2, 0) is 6.54 Å². The Hall–Kier alpha value is -2.67. The average Bonchev–Trinajstić information content (AvgIpc) is 3.21. The number of methoxy groups -OCH3 is 1. The van der Waals surface area contributed by atoms with E-state index in [1.54, 1.807) is 19.4 Å². The molecule has 2 heterocycles. The predicted octanol–water partition coefficient (Wildman–Crippen LogP) is 5.61. The first-order valence-electron chi connectivity index (χ1n) is 9.82. The number of hydrogen-bond donors (Lipinski definition) is 2. The molecule has 0 aliphatic carbocycles. The highest BCUT2D eigenvalue weighted by atomic mass is 35.5. The number of hydrogen-bond acceptors (Lipinski definition) is 6. The molecule has 0 bridgehead atoms. The Labute approximate surface area is 185 Å². The minimum absolute atomic E-state index is 0.687. The molecule has 154 valence electrons. The lowest BCUT2D eigenvalue weighted by atomic mass is 10.0. The molecule has 0 aliphatic rings. The van der Waals surface area contributed by atoms with Crippen LogP contribution < -0.4 is 15.4 Å². The van der Waals surface area contributed by atoms with Gasteiger partial charge in [-0.3, -0.25) is 0 Å². The number of nitrogens with zero attached hydrogens (tertiary/aromatic N) is 2. The maximum absolute atomic E-state index is 6.27. The third kappa shape index (κ3) is 4.90. The monoisotopic (exact) mass is 438 g/mol. The van der Waals surface area contributed by atoms with E-state index in [9.17, 15) is 0 Å². The number of nitrogens with one attached hydrogen (secondary N) is 2. The van der Waals surface area contributed by atoms with Crippen LogP contribution in [0.25, 0.3) is 21.3 Å². The summed E-state index contributed by atoms with van der Waals surface area (Å²) in [6.07, 6.45) is 2.70. The number of fused-ring (bicyclic) bond motifs is 1. The van der Waals surface area contributed by atoms with Gasteiger partial charge in [-0.2, -0.15) is 4.37 Å². The van der Waals surface area contributed by atoms with Crippen molar-refractivity contribution in [3.05, 3.63) is 71.4 Å². The molecule has 2 N–H and O–H groups in total. The molecule has 0 saturated carbocycles. The number of ether oxygens (including phenoxy) is 1. The number of aromatic nitrogens is 2. The quantitative estimate of drug-likeness (QED) is 0.332. The lowest BCUT2D eigenvalue weighted by Gasteiger charge is -2.08. The summed E-state index contributed by atoms with van der Waals surface area (Å²) in [5.74, 6) is 1.69. The smallest absolute Gasteiger partial charge is 0.150 e. The summed E-state index contributed by atoms with van der Waals surface area (Å²) in [5.41, 5.74) is 3.66. The summed E-state index contributed by atoms with van der Waals surface area (Å²) >= 11 is 7.63. The Morgan fingerprint density at radius 1 is 0.967 bits per heavy atom. The second-order valence-corrected chi connectivity index (χ2v) is 8.05. The van der Waals surface area contributed by atoms with Crippen LogP contribution in [-0.4, -0.2) is 29.6 Å². The first kappa shape index (κ1) is 20.6. The average molecular weight is 439 g/mol. The van der Waals surface area contributed by atoms with E-state index in [1.807, 2.05) is 12.1 Å². The Morgan fingerprint density at radius 2 is 1.70 bits per heavy atom. The van der Waals surface area contributed by atoms with Gasteiger partial charge in [0.15, 0.2) is 5.82 Å². The Balaban J connectivity index is 1.21. The standard InChI is InChI=1S/C23H23ClN4OS/c1-29-19-9-7-18(8-10-19)17-5-3-16(4-6-17)15-25-12-2-13-26-22-21-20(24)11-14-27-23(21)30-28-22/h3-11,14,25H,2,12-13,15H2,1H3,(H,26,28). The van der Waals surface area contributed by atoms with Crippen molar-refractivity contribution in [2.45, 2.75) is 13.0 Å². The van der Waals surface area contributed by atoms with Crippen LogP contribution in [0.4, 0.5) is 5.82 Å². The minimum atomic E-state index is 0.687. The van der Waals surface area contributed by atoms with Crippen molar-refractivity contribution in [3.63, 3.8) is 0 Å². The summed E-state index contributed by atoms with van der Waals surface area (Å²) in [5, 5.41) is 8.46. The topological polar surface area (TPSA) is 59.1 Å². The molecule has 0 amide bonds. The Morgan fingerprint density at radius 3 is 2.43 bits per heavy atom. The fourth-order valence-electron chi connectivity index (χ4n) is 3.21. The van der Waals surface area contributed by atoms with Gasteiger partial charge >= 0.3 is 0 Å². The third-order valence-electron chi connectivity index (χ3n) is 4.85. The highest BCUT2D eigenvalue weighted by molar-refractivity contribution is 7.13. The van der Waals surface area contributed by atoms with E-state index in [-0.39, 0.29) is 0 Å². The highest BCUT2D eigenvalue weighted by Crippen LogP contribution is 2.31. The molecule has 4 aromatic rings. The fraction of sp³-hybridized carbons (Fsp3) is 0.217. The van der Waals surface area contributed by atoms with Crippen molar-refractivity contribution >= 4 is 39.2 Å². The molecule has 0 saturated heterocycles. The first-order valence-corrected chi connectivity index (χ1v) is 11.0. The molecule has 0 unspecified atom stereocenters. The van der Waals surface area contributed by atoms with Gasteiger partial charge in [0.05, 0.1) is 17.5 Å². The van der Waals surface area contributed by atoms with Gasteiger partial charge in [-0.05, 0) is 59.4 Å². The normalized spacial score (nSPS) is 11.0. The largest absolute Gasteiger partial charge is 0.497 e. The number of pyridine rings is 1. The molecule has 7 heteroatoms. The summed E-state index contributed by atoms with van der Waals surface area (Å²) in [6, 6.07) is 18.6. The van der Waals surface area contributed by atoms with Crippen molar-refractivity contribution < 1.29 is 4.74 Å². The van der Waals surface area contributed by atoms with E-state index < -0.39 is 0 Å². The predicted molar refractivity (Wildman–Crippen MR) is 126 cm³/mol. The van der Waals surface area contributed by atoms with Gasteiger partial charge in [0, 0.05) is 19.3 Å². The maximum Gasteiger partial charge on any atom is 0.150 e. The van der Waals surface area contributed by atoms with Crippen molar-refractivity contribution in [1.82, 2.24) is 14.7 Å². The van der Waals surface area contributed by atoms with Gasteiger partial charge < -0.3 is 15.4 Å². The number of anilines is 1. The van der Waals surface area contributed by atoms with Crippen LogP contribution in [0, 0.1) is 0 Å². The van der Waals surface area contributed by atoms with E-state index >= 15 is 0 Å². The van der Waals surface area contributed by atoms with Crippen LogP contribution in [0.2, 0.25) is 5.02 Å². The second-order valence-electron chi connectivity index (χ2n) is 6.89. The Kier molecular flexibility index (Phi) is 6.79. The molecule has 0 radical (unpaired) electrons. The van der Waals surface area contributed by atoms with Crippen molar-refractivity contribution in [3.8, 4) is 16.9 Å². The van der Waals surface area contributed by atoms with E-state index in [1.165, 1.54) is 28.2 Å². The lowest BCUT2D eigenvalue weighted by molar-refractivity contribution is 0.415. The number of benzene rings is 2. The van der Waals surface area contributed by atoms with E-state index in [2.05, 4.69) is 56.4 Å². The molecule has 0 aliphatic heterocycles. The highest BCUT2D eigenvalue weighted by Gasteiger charge is 2.09. The van der Waals surface area contributed by atoms with Crippen LogP contribution in [0.3, 0.4) is 0 Å². The van der Waals surface area contributed by atoms with Gasteiger partial charge in [-0.15, -0.1) is 0 Å². The molecular weight excluding hydrogens is 416 g/mol. The zero-order valence-electron chi connectivity index (χ0n) is 16.7. The zero-order chi connectivity index (χ0) is 20.8. The van der Waals surface area contributed by atoms with Gasteiger partial charge in [0.1, 0.15) is 10.6 Å².